The first-order valence-corrected chi connectivity index (χ1v) is 8.32. The van der Waals surface area contributed by atoms with Crippen LogP contribution >= 0.6 is 0 Å². The number of sulfonamides is 1. The fourth-order valence-electron chi connectivity index (χ4n) is 2.66. The minimum Gasteiger partial charge on any atom is -0.495 e. The number of ether oxygens (including phenoxy) is 1. The maximum Gasteiger partial charge on any atom is 0.271 e. The van der Waals surface area contributed by atoms with Gasteiger partial charge < -0.3 is 4.74 Å². The van der Waals surface area contributed by atoms with E-state index in [1.165, 1.54) is 23.5 Å². The number of hydrogen-bond acceptors (Lipinski definition) is 5. The average molecular weight is 334 g/mol. The van der Waals surface area contributed by atoms with Crippen LogP contribution in [0.5, 0.6) is 5.75 Å². The first-order valence-electron chi connectivity index (χ1n) is 6.88. The highest BCUT2D eigenvalue weighted by Crippen LogP contribution is 2.36. The van der Waals surface area contributed by atoms with E-state index < -0.39 is 14.9 Å². The Labute approximate surface area is 133 Å². The van der Waals surface area contributed by atoms with Gasteiger partial charge in [0.25, 0.3) is 15.7 Å². The largest absolute Gasteiger partial charge is 0.495 e. The van der Waals surface area contributed by atoms with Crippen LogP contribution in [0.1, 0.15) is 5.56 Å². The second kappa shape index (κ2) is 5.54. The molecule has 0 atom stereocenters. The molecule has 0 fully saturated rings. The molecule has 0 saturated heterocycles. The quantitative estimate of drug-likeness (QED) is 0.632. The van der Waals surface area contributed by atoms with Gasteiger partial charge in [0.05, 0.1) is 17.7 Å². The van der Waals surface area contributed by atoms with Gasteiger partial charge in [0.1, 0.15) is 10.6 Å². The zero-order valence-electron chi connectivity index (χ0n) is 12.3. The summed E-state index contributed by atoms with van der Waals surface area (Å²) in [6, 6.07) is 10.8. The fraction of sp³-hybridized carbons (Fsp3) is 0.200. The van der Waals surface area contributed by atoms with Crippen LogP contribution in [0.4, 0.5) is 11.4 Å². The fourth-order valence-corrected chi connectivity index (χ4v) is 4.34. The average Bonchev–Trinajstić information content (AvgIpc) is 2.99. The maximum absolute atomic E-state index is 13.0. The van der Waals surface area contributed by atoms with Crippen molar-refractivity contribution in [3.63, 3.8) is 0 Å². The Kier molecular flexibility index (Phi) is 3.69. The van der Waals surface area contributed by atoms with Crippen molar-refractivity contribution in [3.8, 4) is 5.75 Å². The van der Waals surface area contributed by atoms with E-state index >= 15 is 0 Å². The van der Waals surface area contributed by atoms with Crippen LogP contribution in [0.2, 0.25) is 0 Å². The Morgan fingerprint density at radius 3 is 2.65 bits per heavy atom. The summed E-state index contributed by atoms with van der Waals surface area (Å²) >= 11 is 0. The molecule has 0 bridgehead atoms. The van der Waals surface area contributed by atoms with Gasteiger partial charge in [-0.1, -0.05) is 18.2 Å². The lowest BCUT2D eigenvalue weighted by Gasteiger charge is -2.20. The zero-order chi connectivity index (χ0) is 16.6. The third-order valence-electron chi connectivity index (χ3n) is 3.77. The van der Waals surface area contributed by atoms with E-state index in [4.69, 9.17) is 4.74 Å². The van der Waals surface area contributed by atoms with Crippen LogP contribution in [-0.2, 0) is 16.4 Å². The summed E-state index contributed by atoms with van der Waals surface area (Å²) in [6.07, 6.45) is 0.604. The lowest BCUT2D eigenvalue weighted by molar-refractivity contribution is -0.385. The summed E-state index contributed by atoms with van der Waals surface area (Å²) in [4.78, 5) is 10.1. The van der Waals surface area contributed by atoms with Crippen molar-refractivity contribution in [3.05, 3.63) is 58.1 Å². The number of hydrogen-bond donors (Lipinski definition) is 0. The van der Waals surface area contributed by atoms with Gasteiger partial charge in [-0.15, -0.1) is 0 Å². The van der Waals surface area contributed by atoms with Gasteiger partial charge in [-0.25, -0.2) is 8.42 Å². The highest BCUT2D eigenvalue weighted by Gasteiger charge is 2.33. The molecular weight excluding hydrogens is 320 g/mol. The van der Waals surface area contributed by atoms with Crippen LogP contribution in [0.25, 0.3) is 0 Å². The van der Waals surface area contributed by atoms with Crippen LogP contribution in [0.3, 0.4) is 0 Å². The maximum atomic E-state index is 13.0. The molecule has 1 aliphatic heterocycles. The molecule has 120 valence electrons. The molecule has 0 amide bonds. The number of nitrogens with zero attached hydrogens (tertiary/aromatic N) is 2. The van der Waals surface area contributed by atoms with E-state index in [1.54, 1.807) is 12.1 Å². The van der Waals surface area contributed by atoms with E-state index in [-0.39, 0.29) is 16.3 Å². The molecule has 0 radical (unpaired) electrons. The first kappa shape index (κ1) is 15.3. The van der Waals surface area contributed by atoms with E-state index in [9.17, 15) is 18.5 Å². The molecule has 7 nitrogen and oxygen atoms in total. The third-order valence-corrected chi connectivity index (χ3v) is 5.61. The molecule has 0 aliphatic carbocycles. The van der Waals surface area contributed by atoms with Crippen molar-refractivity contribution in [1.29, 1.82) is 0 Å². The molecule has 0 spiro atoms. The monoisotopic (exact) mass is 334 g/mol. The lowest BCUT2D eigenvalue weighted by atomic mass is 10.2. The number of fused-ring (bicyclic) bond motifs is 1. The normalized spacial score (nSPS) is 13.7. The molecule has 2 aromatic rings. The Morgan fingerprint density at radius 2 is 1.96 bits per heavy atom. The summed E-state index contributed by atoms with van der Waals surface area (Å²) < 4.78 is 32.3. The Balaban J connectivity index is 2.14. The van der Waals surface area contributed by atoms with Crippen molar-refractivity contribution in [2.24, 2.45) is 0 Å². The Hall–Kier alpha value is -2.61. The SMILES string of the molecule is COc1ccc([N+](=O)[O-])cc1S(=O)(=O)N1CCc2ccccc21. The van der Waals surface area contributed by atoms with Gasteiger partial charge in [0.15, 0.2) is 0 Å². The highest BCUT2D eigenvalue weighted by atomic mass is 32.2. The third kappa shape index (κ3) is 2.50. The second-order valence-electron chi connectivity index (χ2n) is 5.05. The standard InChI is InChI=1S/C15H14N2O5S/c1-22-14-7-6-12(17(18)19)10-15(14)23(20,21)16-9-8-11-4-2-3-5-13(11)16/h2-7,10H,8-9H2,1H3. The number of nitro groups is 1. The molecule has 2 aromatic carbocycles. The van der Waals surface area contributed by atoms with Gasteiger partial charge >= 0.3 is 0 Å². The smallest absolute Gasteiger partial charge is 0.271 e. The van der Waals surface area contributed by atoms with Gasteiger partial charge in [0, 0.05) is 18.7 Å². The van der Waals surface area contributed by atoms with Crippen LogP contribution < -0.4 is 9.04 Å². The van der Waals surface area contributed by atoms with E-state index in [1.807, 2.05) is 12.1 Å². The van der Waals surface area contributed by atoms with Crippen LogP contribution in [-0.4, -0.2) is 27.0 Å². The van der Waals surface area contributed by atoms with Gasteiger partial charge in [-0.3, -0.25) is 14.4 Å². The van der Waals surface area contributed by atoms with Crippen LogP contribution in [0.15, 0.2) is 47.4 Å². The minimum atomic E-state index is -3.95. The number of para-hydroxylation sites is 1. The number of anilines is 1. The number of rotatable bonds is 4. The predicted molar refractivity (Wildman–Crippen MR) is 84.3 cm³/mol. The van der Waals surface area contributed by atoms with Crippen molar-refractivity contribution < 1.29 is 18.1 Å². The summed E-state index contributed by atoms with van der Waals surface area (Å²) in [5.41, 5.74) is 1.23. The van der Waals surface area contributed by atoms with Crippen molar-refractivity contribution in [2.45, 2.75) is 11.3 Å². The molecule has 1 heterocycles. The van der Waals surface area contributed by atoms with Crippen molar-refractivity contribution in [2.75, 3.05) is 18.0 Å². The lowest BCUT2D eigenvalue weighted by Crippen LogP contribution is -2.29. The molecular formula is C15H14N2O5S. The molecule has 0 unspecified atom stereocenters. The molecule has 0 saturated carbocycles. The molecule has 0 N–H and O–H groups in total. The predicted octanol–water partition coefficient (Wildman–Crippen LogP) is 2.35. The molecule has 1 aliphatic rings. The van der Waals surface area contributed by atoms with Crippen LogP contribution in [0, 0.1) is 10.1 Å². The molecule has 3 rings (SSSR count). The van der Waals surface area contributed by atoms with E-state index in [2.05, 4.69) is 0 Å². The Morgan fingerprint density at radius 1 is 1.22 bits per heavy atom. The minimum absolute atomic E-state index is 0.0833. The van der Waals surface area contributed by atoms with E-state index in [0.29, 0.717) is 18.7 Å². The number of nitro benzene ring substituents is 1. The first-order chi connectivity index (χ1) is 10.9. The topological polar surface area (TPSA) is 89.7 Å². The highest BCUT2D eigenvalue weighted by molar-refractivity contribution is 7.93. The number of methoxy groups -OCH3 is 1. The number of benzene rings is 2. The van der Waals surface area contributed by atoms with Gasteiger partial charge in [-0.05, 0) is 24.1 Å². The van der Waals surface area contributed by atoms with Gasteiger partial charge in [-0.2, -0.15) is 0 Å². The molecule has 23 heavy (non-hydrogen) atoms. The molecule has 8 heteroatoms. The van der Waals surface area contributed by atoms with E-state index in [0.717, 1.165) is 11.6 Å². The molecule has 0 aromatic heterocycles. The van der Waals surface area contributed by atoms with Crippen molar-refractivity contribution in [1.82, 2.24) is 0 Å². The summed E-state index contributed by atoms with van der Waals surface area (Å²) in [7, 11) is -2.62. The summed E-state index contributed by atoms with van der Waals surface area (Å²) in [5.74, 6) is 0.0833. The summed E-state index contributed by atoms with van der Waals surface area (Å²) in [5, 5.41) is 11.0. The number of non-ortho nitro benzene ring substituents is 1. The zero-order valence-corrected chi connectivity index (χ0v) is 13.1. The van der Waals surface area contributed by atoms with Crippen molar-refractivity contribution >= 4 is 21.4 Å². The summed E-state index contributed by atoms with van der Waals surface area (Å²) in [6.45, 7) is 0.299. The second-order valence-corrected chi connectivity index (χ2v) is 6.88. The Bertz CT molecular complexity index is 879. The van der Waals surface area contributed by atoms with Gasteiger partial charge in [0.2, 0.25) is 0 Å².